The van der Waals surface area contributed by atoms with Crippen LogP contribution in [0, 0.1) is 5.92 Å². The number of allylic oxidation sites excluding steroid dienone is 8. The molecular weight excluding hydrogens is 508 g/mol. The Morgan fingerprint density at radius 2 is 1.60 bits per heavy atom. The molecule has 0 spiro atoms. The van der Waals surface area contributed by atoms with Crippen LogP contribution in [0.25, 0.3) is 16.7 Å². The van der Waals surface area contributed by atoms with Gasteiger partial charge >= 0.3 is 0 Å². The lowest BCUT2D eigenvalue weighted by Gasteiger charge is -2.41. The van der Waals surface area contributed by atoms with Gasteiger partial charge in [0.05, 0.1) is 0 Å². The van der Waals surface area contributed by atoms with Crippen LogP contribution < -0.4 is 4.90 Å². The number of pyridine rings is 1. The van der Waals surface area contributed by atoms with Gasteiger partial charge in [-0.25, -0.2) is 0 Å². The number of aromatic nitrogens is 1. The third-order valence-corrected chi connectivity index (χ3v) is 9.57. The zero-order valence-corrected chi connectivity index (χ0v) is 25.0. The van der Waals surface area contributed by atoms with Gasteiger partial charge in [0, 0.05) is 40.3 Å². The third kappa shape index (κ3) is 4.29. The maximum atomic E-state index is 4.52. The van der Waals surface area contributed by atoms with Crippen molar-refractivity contribution in [3.8, 4) is 11.1 Å². The molecular formula is C40H38N2. The van der Waals surface area contributed by atoms with Crippen molar-refractivity contribution in [2.75, 3.05) is 4.90 Å². The van der Waals surface area contributed by atoms with Gasteiger partial charge in [-0.1, -0.05) is 99.7 Å². The standard InChI is InChI=1S/C40H38N2/c1-28-11-9-12-30(25-28)29-17-19-32(20-18-29)42(38-16-7-8-23-40(38,4)31-13-10-24-41-27-31)33-21-22-35-34-14-5-6-15-36(34)39(2,3)37(35)26-33/h5-10,12-22,24-28H,11,23H2,1-4H3. The number of rotatable bonds is 5. The van der Waals surface area contributed by atoms with E-state index in [0.717, 1.165) is 18.5 Å². The molecule has 208 valence electrons. The molecule has 0 saturated carbocycles. The molecule has 0 radical (unpaired) electrons. The molecule has 0 N–H and O–H groups in total. The first-order valence-electron chi connectivity index (χ1n) is 15.2. The Kier molecular flexibility index (Phi) is 6.39. The zero-order valence-electron chi connectivity index (χ0n) is 25.0. The minimum absolute atomic E-state index is 0.0680. The summed E-state index contributed by atoms with van der Waals surface area (Å²) in [5.41, 5.74) is 12.6. The average molecular weight is 547 g/mol. The van der Waals surface area contributed by atoms with Gasteiger partial charge in [-0.15, -0.1) is 0 Å². The minimum Gasteiger partial charge on any atom is -0.313 e. The van der Waals surface area contributed by atoms with Crippen LogP contribution >= 0.6 is 0 Å². The monoisotopic (exact) mass is 546 g/mol. The summed E-state index contributed by atoms with van der Waals surface area (Å²) in [6, 6.07) is 29.4. The molecule has 0 aliphatic heterocycles. The van der Waals surface area contributed by atoms with E-state index in [2.05, 4.69) is 153 Å². The molecule has 2 unspecified atom stereocenters. The van der Waals surface area contributed by atoms with E-state index in [1.54, 1.807) is 0 Å². The quantitative estimate of drug-likeness (QED) is 0.247. The van der Waals surface area contributed by atoms with E-state index in [1.165, 1.54) is 50.3 Å². The summed E-state index contributed by atoms with van der Waals surface area (Å²) in [4.78, 5) is 7.00. The van der Waals surface area contributed by atoms with E-state index in [4.69, 9.17) is 0 Å². The van der Waals surface area contributed by atoms with Crippen LogP contribution in [0.3, 0.4) is 0 Å². The van der Waals surface area contributed by atoms with Crippen LogP contribution in [0.2, 0.25) is 0 Å². The molecule has 1 heterocycles. The molecule has 0 fully saturated rings. The first-order valence-corrected chi connectivity index (χ1v) is 15.2. The minimum atomic E-state index is -0.233. The summed E-state index contributed by atoms with van der Waals surface area (Å²) in [6.45, 7) is 9.35. The van der Waals surface area contributed by atoms with E-state index < -0.39 is 0 Å². The Labute approximate surface area is 250 Å². The van der Waals surface area contributed by atoms with E-state index >= 15 is 0 Å². The van der Waals surface area contributed by atoms with Crippen molar-refractivity contribution in [2.24, 2.45) is 5.92 Å². The van der Waals surface area contributed by atoms with Crippen LogP contribution in [0.4, 0.5) is 11.4 Å². The number of benzene rings is 3. The lowest BCUT2D eigenvalue weighted by molar-refractivity contribution is 0.547. The predicted octanol–water partition coefficient (Wildman–Crippen LogP) is 10.3. The predicted molar refractivity (Wildman–Crippen MR) is 177 cm³/mol. The number of hydrogen-bond acceptors (Lipinski definition) is 2. The maximum Gasteiger partial charge on any atom is 0.0462 e. The summed E-state index contributed by atoms with van der Waals surface area (Å²) in [5.74, 6) is 0.569. The molecule has 0 saturated heterocycles. The van der Waals surface area contributed by atoms with Gasteiger partial charge in [-0.3, -0.25) is 4.98 Å². The van der Waals surface area contributed by atoms with Crippen molar-refractivity contribution < 1.29 is 0 Å². The van der Waals surface area contributed by atoms with E-state index in [1.807, 2.05) is 12.4 Å². The molecule has 2 heteroatoms. The van der Waals surface area contributed by atoms with Gasteiger partial charge in [0.25, 0.3) is 0 Å². The van der Waals surface area contributed by atoms with Gasteiger partial charge in [-0.2, -0.15) is 0 Å². The highest BCUT2D eigenvalue weighted by atomic mass is 15.2. The molecule has 3 aromatic carbocycles. The smallest absolute Gasteiger partial charge is 0.0462 e. The number of nitrogens with zero attached hydrogens (tertiary/aromatic N) is 2. The van der Waals surface area contributed by atoms with Crippen LogP contribution in [-0.2, 0) is 10.8 Å². The highest BCUT2D eigenvalue weighted by Gasteiger charge is 2.39. The zero-order chi connectivity index (χ0) is 28.9. The topological polar surface area (TPSA) is 16.1 Å². The second kappa shape index (κ2) is 10.1. The summed E-state index contributed by atoms with van der Waals surface area (Å²) in [5, 5.41) is 0. The normalized spacial score (nSPS) is 21.8. The first-order chi connectivity index (χ1) is 20.4. The fourth-order valence-electron chi connectivity index (χ4n) is 7.12. The third-order valence-electron chi connectivity index (χ3n) is 9.57. The van der Waals surface area contributed by atoms with Gasteiger partial charge in [-0.05, 0) is 101 Å². The van der Waals surface area contributed by atoms with Gasteiger partial charge in [0.2, 0.25) is 0 Å². The van der Waals surface area contributed by atoms with Crippen molar-refractivity contribution >= 4 is 16.9 Å². The molecule has 0 amide bonds. The van der Waals surface area contributed by atoms with Gasteiger partial charge in [0.15, 0.2) is 0 Å². The van der Waals surface area contributed by atoms with Gasteiger partial charge < -0.3 is 4.90 Å². The average Bonchev–Trinajstić information content (AvgIpc) is 3.25. The summed E-state index contributed by atoms with van der Waals surface area (Å²) in [6.07, 6.45) is 19.7. The highest BCUT2D eigenvalue weighted by Crippen LogP contribution is 2.51. The number of hydrogen-bond donors (Lipinski definition) is 0. The van der Waals surface area contributed by atoms with Crippen LogP contribution in [0.5, 0.6) is 0 Å². The number of anilines is 2. The molecule has 4 aromatic rings. The molecule has 42 heavy (non-hydrogen) atoms. The number of fused-ring (bicyclic) bond motifs is 3. The first kappa shape index (κ1) is 26.5. The lowest BCUT2D eigenvalue weighted by atomic mass is 9.74. The van der Waals surface area contributed by atoms with Crippen molar-refractivity contribution in [2.45, 2.75) is 51.4 Å². The second-order valence-corrected chi connectivity index (χ2v) is 12.8. The second-order valence-electron chi connectivity index (χ2n) is 12.8. The molecule has 3 aliphatic carbocycles. The maximum absolute atomic E-state index is 4.52. The highest BCUT2D eigenvalue weighted by molar-refractivity contribution is 5.85. The van der Waals surface area contributed by atoms with E-state index in [9.17, 15) is 0 Å². The fourth-order valence-corrected chi connectivity index (χ4v) is 7.12. The molecule has 7 rings (SSSR count). The largest absolute Gasteiger partial charge is 0.313 e. The van der Waals surface area contributed by atoms with Gasteiger partial charge in [0.1, 0.15) is 0 Å². The molecule has 1 aromatic heterocycles. The van der Waals surface area contributed by atoms with Crippen molar-refractivity contribution in [1.29, 1.82) is 0 Å². The van der Waals surface area contributed by atoms with Crippen LogP contribution in [-0.4, -0.2) is 4.98 Å². The van der Waals surface area contributed by atoms with Crippen LogP contribution in [0.1, 0.15) is 62.8 Å². The Morgan fingerprint density at radius 3 is 2.38 bits per heavy atom. The SMILES string of the molecule is CC1C=C(c2ccc(N(C3=CC=CCC3(C)c3cccnc3)c3ccc4c(c3)C(C)(C)c3ccccc3-4)cc2)C=CC1. The Balaban J connectivity index is 1.39. The Morgan fingerprint density at radius 1 is 0.810 bits per heavy atom. The summed E-state index contributed by atoms with van der Waals surface area (Å²) < 4.78 is 0. The van der Waals surface area contributed by atoms with E-state index in [-0.39, 0.29) is 10.8 Å². The Hall–Kier alpha value is -4.43. The molecule has 3 aliphatic rings. The van der Waals surface area contributed by atoms with Crippen molar-refractivity contribution in [1.82, 2.24) is 4.98 Å². The molecule has 2 nitrogen and oxygen atoms in total. The summed E-state index contributed by atoms with van der Waals surface area (Å²) in [7, 11) is 0. The fraction of sp³-hybridized carbons (Fsp3) is 0.225. The van der Waals surface area contributed by atoms with E-state index in [0.29, 0.717) is 5.92 Å². The molecule has 0 bridgehead atoms. The summed E-state index contributed by atoms with van der Waals surface area (Å²) >= 11 is 0. The van der Waals surface area contributed by atoms with Crippen molar-refractivity contribution in [3.05, 3.63) is 156 Å². The lowest BCUT2D eigenvalue weighted by Crippen LogP contribution is -2.35. The van der Waals surface area contributed by atoms with Crippen molar-refractivity contribution in [3.63, 3.8) is 0 Å². The molecule has 2 atom stereocenters. The Bertz CT molecular complexity index is 1770. The van der Waals surface area contributed by atoms with Crippen LogP contribution in [0.15, 0.2) is 133 Å².